The molecule has 0 saturated carbocycles. The van der Waals surface area contributed by atoms with E-state index in [4.69, 9.17) is 4.74 Å². The second kappa shape index (κ2) is 5.20. The van der Waals surface area contributed by atoms with Crippen LogP contribution in [0.5, 0.6) is 11.6 Å². The van der Waals surface area contributed by atoms with Crippen LogP contribution in [0.1, 0.15) is 16.1 Å². The minimum Gasteiger partial charge on any atom is -0.477 e. The van der Waals surface area contributed by atoms with E-state index in [1.165, 1.54) is 6.07 Å². The van der Waals surface area contributed by atoms with E-state index in [9.17, 15) is 9.90 Å². The first-order chi connectivity index (χ1) is 10.1. The van der Waals surface area contributed by atoms with Crippen LogP contribution < -0.4 is 4.74 Å². The fourth-order valence-corrected chi connectivity index (χ4v) is 2.04. The minimum absolute atomic E-state index is 0.0292. The number of benzene rings is 1. The standard InChI is InChI=1S/C16H12N2O3/c1-10-7-8-12(16(19)20)15(18-10)21-14-6-2-5-13-11(14)4-3-9-17-13/h2-9H,1H3,(H,19,20). The van der Waals surface area contributed by atoms with E-state index in [0.29, 0.717) is 11.4 Å². The molecule has 0 amide bonds. The van der Waals surface area contributed by atoms with Gasteiger partial charge in [-0.15, -0.1) is 0 Å². The monoisotopic (exact) mass is 280 g/mol. The van der Waals surface area contributed by atoms with E-state index >= 15 is 0 Å². The molecular formula is C16H12N2O3. The Morgan fingerprint density at radius 2 is 2.00 bits per heavy atom. The third-order valence-corrected chi connectivity index (χ3v) is 3.04. The molecule has 0 saturated heterocycles. The lowest BCUT2D eigenvalue weighted by Gasteiger charge is -2.10. The van der Waals surface area contributed by atoms with Crippen molar-refractivity contribution in [3.05, 3.63) is 59.9 Å². The summed E-state index contributed by atoms with van der Waals surface area (Å²) in [6, 6.07) is 12.2. The van der Waals surface area contributed by atoms with E-state index in [1.807, 2.05) is 12.1 Å². The smallest absolute Gasteiger partial charge is 0.341 e. The van der Waals surface area contributed by atoms with Gasteiger partial charge in [0, 0.05) is 17.3 Å². The van der Waals surface area contributed by atoms with Gasteiger partial charge in [0.2, 0.25) is 5.88 Å². The van der Waals surface area contributed by atoms with Crippen molar-refractivity contribution < 1.29 is 14.6 Å². The molecule has 1 N–H and O–H groups in total. The molecule has 2 heterocycles. The summed E-state index contributed by atoms with van der Waals surface area (Å²) in [4.78, 5) is 19.7. The van der Waals surface area contributed by atoms with Gasteiger partial charge in [0.05, 0.1) is 5.52 Å². The molecule has 3 rings (SSSR count). The highest BCUT2D eigenvalue weighted by atomic mass is 16.5. The summed E-state index contributed by atoms with van der Waals surface area (Å²) in [5.41, 5.74) is 1.49. The Morgan fingerprint density at radius 1 is 1.14 bits per heavy atom. The van der Waals surface area contributed by atoms with Gasteiger partial charge in [0.15, 0.2) is 0 Å². The Morgan fingerprint density at radius 3 is 2.81 bits per heavy atom. The number of carbonyl (C=O) groups is 1. The van der Waals surface area contributed by atoms with Gasteiger partial charge in [-0.2, -0.15) is 0 Å². The minimum atomic E-state index is -1.07. The molecule has 2 aromatic heterocycles. The van der Waals surface area contributed by atoms with Crippen molar-refractivity contribution in [1.29, 1.82) is 0 Å². The molecule has 0 fully saturated rings. The first-order valence-corrected chi connectivity index (χ1v) is 6.38. The number of carboxylic acids is 1. The molecule has 0 atom stereocenters. The molecular weight excluding hydrogens is 268 g/mol. The van der Waals surface area contributed by atoms with Gasteiger partial charge in [-0.1, -0.05) is 6.07 Å². The zero-order valence-corrected chi connectivity index (χ0v) is 11.3. The Bertz CT molecular complexity index is 825. The summed E-state index contributed by atoms with van der Waals surface area (Å²) in [5.74, 6) is -0.462. The number of aryl methyl sites for hydroxylation is 1. The maximum atomic E-state index is 11.3. The summed E-state index contributed by atoms with van der Waals surface area (Å²) in [5, 5.41) is 10.0. The number of ether oxygens (including phenoxy) is 1. The van der Waals surface area contributed by atoms with Crippen LogP contribution in [0.4, 0.5) is 0 Å². The van der Waals surface area contributed by atoms with Gasteiger partial charge in [-0.25, -0.2) is 9.78 Å². The SMILES string of the molecule is Cc1ccc(C(=O)O)c(Oc2cccc3ncccc23)n1. The zero-order valence-electron chi connectivity index (χ0n) is 11.3. The molecule has 3 aromatic rings. The molecule has 0 aliphatic carbocycles. The fraction of sp³-hybridized carbons (Fsp3) is 0.0625. The normalized spacial score (nSPS) is 10.5. The summed E-state index contributed by atoms with van der Waals surface area (Å²) >= 11 is 0. The molecule has 0 radical (unpaired) electrons. The predicted octanol–water partition coefficient (Wildman–Crippen LogP) is 3.43. The van der Waals surface area contributed by atoms with Crippen LogP contribution in [0.2, 0.25) is 0 Å². The van der Waals surface area contributed by atoms with Crippen LogP contribution in [-0.2, 0) is 0 Å². The van der Waals surface area contributed by atoms with Gasteiger partial charge in [-0.05, 0) is 43.3 Å². The fourth-order valence-electron chi connectivity index (χ4n) is 2.04. The molecule has 0 bridgehead atoms. The number of hydrogen-bond donors (Lipinski definition) is 1. The van der Waals surface area contributed by atoms with Crippen LogP contribution in [-0.4, -0.2) is 21.0 Å². The first kappa shape index (κ1) is 13.1. The van der Waals surface area contributed by atoms with Crippen molar-refractivity contribution in [2.75, 3.05) is 0 Å². The van der Waals surface area contributed by atoms with Gasteiger partial charge >= 0.3 is 5.97 Å². The Labute approximate surface area is 120 Å². The average Bonchev–Trinajstić information content (AvgIpc) is 2.47. The second-order valence-electron chi connectivity index (χ2n) is 4.54. The largest absolute Gasteiger partial charge is 0.477 e. The van der Waals surface area contributed by atoms with Gasteiger partial charge < -0.3 is 9.84 Å². The number of hydrogen-bond acceptors (Lipinski definition) is 4. The summed E-state index contributed by atoms with van der Waals surface area (Å²) in [7, 11) is 0. The summed E-state index contributed by atoms with van der Waals surface area (Å²) < 4.78 is 5.73. The van der Waals surface area contributed by atoms with Gasteiger partial charge in [-0.3, -0.25) is 4.98 Å². The lowest BCUT2D eigenvalue weighted by atomic mass is 10.2. The van der Waals surface area contributed by atoms with E-state index in [0.717, 1.165) is 10.9 Å². The van der Waals surface area contributed by atoms with Crippen LogP contribution in [0.25, 0.3) is 10.9 Å². The predicted molar refractivity (Wildman–Crippen MR) is 77.8 cm³/mol. The van der Waals surface area contributed by atoms with Crippen molar-refractivity contribution >= 4 is 16.9 Å². The van der Waals surface area contributed by atoms with E-state index in [2.05, 4.69) is 9.97 Å². The van der Waals surface area contributed by atoms with E-state index < -0.39 is 5.97 Å². The Balaban J connectivity index is 2.11. The van der Waals surface area contributed by atoms with Crippen LogP contribution in [0, 0.1) is 6.92 Å². The number of carboxylic acid groups (broad SMARTS) is 1. The van der Waals surface area contributed by atoms with Crippen molar-refractivity contribution in [3.8, 4) is 11.6 Å². The molecule has 1 aromatic carbocycles. The van der Waals surface area contributed by atoms with Crippen molar-refractivity contribution in [2.24, 2.45) is 0 Å². The molecule has 0 unspecified atom stereocenters. The lowest BCUT2D eigenvalue weighted by molar-refractivity contribution is 0.0693. The number of pyridine rings is 2. The van der Waals surface area contributed by atoms with Crippen LogP contribution in [0.3, 0.4) is 0 Å². The molecule has 5 nitrogen and oxygen atoms in total. The molecule has 21 heavy (non-hydrogen) atoms. The van der Waals surface area contributed by atoms with Gasteiger partial charge in [0.25, 0.3) is 0 Å². The number of aromatic carboxylic acids is 1. The number of nitrogens with zero attached hydrogens (tertiary/aromatic N) is 2. The van der Waals surface area contributed by atoms with Crippen molar-refractivity contribution in [1.82, 2.24) is 9.97 Å². The number of aromatic nitrogens is 2. The summed E-state index contributed by atoms with van der Waals surface area (Å²) in [6.07, 6.45) is 1.69. The van der Waals surface area contributed by atoms with Crippen molar-refractivity contribution in [2.45, 2.75) is 6.92 Å². The Hall–Kier alpha value is -2.95. The zero-order chi connectivity index (χ0) is 14.8. The summed E-state index contributed by atoms with van der Waals surface area (Å²) in [6.45, 7) is 1.78. The van der Waals surface area contributed by atoms with Crippen LogP contribution in [0.15, 0.2) is 48.7 Å². The maximum absolute atomic E-state index is 11.3. The third kappa shape index (κ3) is 2.53. The second-order valence-corrected chi connectivity index (χ2v) is 4.54. The lowest BCUT2D eigenvalue weighted by Crippen LogP contribution is -2.03. The van der Waals surface area contributed by atoms with Crippen molar-refractivity contribution in [3.63, 3.8) is 0 Å². The highest BCUT2D eigenvalue weighted by Gasteiger charge is 2.15. The average molecular weight is 280 g/mol. The van der Waals surface area contributed by atoms with E-state index in [1.54, 1.807) is 37.4 Å². The number of fused-ring (bicyclic) bond motifs is 1. The quantitative estimate of drug-likeness (QED) is 0.795. The van der Waals surface area contributed by atoms with Gasteiger partial charge in [0.1, 0.15) is 11.3 Å². The van der Waals surface area contributed by atoms with Crippen LogP contribution >= 0.6 is 0 Å². The highest BCUT2D eigenvalue weighted by molar-refractivity contribution is 5.91. The molecule has 104 valence electrons. The maximum Gasteiger partial charge on any atom is 0.341 e. The topological polar surface area (TPSA) is 72.3 Å². The molecule has 0 spiro atoms. The third-order valence-electron chi connectivity index (χ3n) is 3.04. The molecule has 5 heteroatoms. The highest BCUT2D eigenvalue weighted by Crippen LogP contribution is 2.29. The van der Waals surface area contributed by atoms with E-state index in [-0.39, 0.29) is 11.4 Å². The first-order valence-electron chi connectivity index (χ1n) is 6.38. The molecule has 0 aliphatic rings. The number of rotatable bonds is 3. The molecule has 0 aliphatic heterocycles. The Kier molecular flexibility index (Phi) is 3.23.